The van der Waals surface area contributed by atoms with E-state index in [4.69, 9.17) is 0 Å². The van der Waals surface area contributed by atoms with Gasteiger partial charge in [-0.25, -0.2) is 4.99 Å². The van der Waals surface area contributed by atoms with Crippen LogP contribution in [0, 0.1) is 12.8 Å². The number of halogens is 3. The molecule has 2 nitrogen and oxygen atoms in total. The van der Waals surface area contributed by atoms with Crippen molar-refractivity contribution in [1.82, 2.24) is 0 Å². The van der Waals surface area contributed by atoms with Gasteiger partial charge in [-0.2, -0.15) is 13.2 Å². The highest BCUT2D eigenvalue weighted by atomic mass is 19.4. The Kier molecular flexibility index (Phi) is 14.5. The first-order valence-electron chi connectivity index (χ1n) is 13.0. The van der Waals surface area contributed by atoms with E-state index in [2.05, 4.69) is 64.0 Å². The molecule has 0 aliphatic carbocycles. The molecule has 1 unspecified atom stereocenters. The van der Waals surface area contributed by atoms with E-state index in [-0.39, 0.29) is 0 Å². The van der Waals surface area contributed by atoms with Gasteiger partial charge in [0, 0.05) is 11.9 Å². The maximum atomic E-state index is 12.8. The summed E-state index contributed by atoms with van der Waals surface area (Å²) in [5.74, 6) is 1.30. The van der Waals surface area contributed by atoms with Crippen molar-refractivity contribution in [3.8, 4) is 0 Å². The van der Waals surface area contributed by atoms with Gasteiger partial charge in [0.05, 0.1) is 5.56 Å². The van der Waals surface area contributed by atoms with Crippen LogP contribution in [0.25, 0.3) is 0 Å². The zero-order valence-electron chi connectivity index (χ0n) is 22.8. The summed E-state index contributed by atoms with van der Waals surface area (Å²) >= 11 is 0. The maximum Gasteiger partial charge on any atom is 0.416 e. The third-order valence-electron chi connectivity index (χ3n) is 5.83. The first kappa shape index (κ1) is 31.2. The minimum Gasteiger partial charge on any atom is -0.340 e. The number of aliphatic imine (C=N–C) groups is 1. The van der Waals surface area contributed by atoms with Crippen molar-refractivity contribution in [2.24, 2.45) is 10.9 Å². The van der Waals surface area contributed by atoms with Crippen molar-refractivity contribution in [3.63, 3.8) is 0 Å². The third kappa shape index (κ3) is 12.2. The molecule has 0 aliphatic heterocycles. The van der Waals surface area contributed by atoms with Gasteiger partial charge in [-0.05, 0) is 68.9 Å². The number of hydrogen-bond acceptors (Lipinski definition) is 1. The number of rotatable bonds is 10. The lowest BCUT2D eigenvalue weighted by molar-refractivity contribution is -0.137. The van der Waals surface area contributed by atoms with Crippen molar-refractivity contribution in [2.75, 3.05) is 5.32 Å². The lowest BCUT2D eigenvalue weighted by Crippen LogP contribution is -2.17. The molecule has 1 atom stereocenters. The lowest BCUT2D eigenvalue weighted by Gasteiger charge is -2.18. The fourth-order valence-electron chi connectivity index (χ4n) is 3.54. The Bertz CT molecular complexity index is 956. The number of allylic oxidation sites excluding steroid dienone is 2. The standard InChI is InChI=1S/C24H35F3N2.C7H8/c1-6-9-10-16-28-23(22(11-7-2)19(5)17-18(4)8-3)29-21-14-12-20(13-15-21)24(25,26)27;1-7-5-3-2-4-6-7/h10,12-16,18H,6-9,11,17H2,1-5H3,(H,28,29);2-6H,1H3/b16-10+,22-19+;. The minimum absolute atomic E-state index is 0.574. The molecule has 0 amide bonds. The van der Waals surface area contributed by atoms with E-state index < -0.39 is 11.7 Å². The molecular weight excluding hydrogens is 457 g/mol. The fourth-order valence-corrected chi connectivity index (χ4v) is 3.54. The molecule has 0 spiro atoms. The summed E-state index contributed by atoms with van der Waals surface area (Å²) in [6, 6.07) is 15.4. The van der Waals surface area contributed by atoms with Gasteiger partial charge in [0.2, 0.25) is 0 Å². The Morgan fingerprint density at radius 1 is 0.972 bits per heavy atom. The summed E-state index contributed by atoms with van der Waals surface area (Å²) in [5, 5.41) is 3.27. The van der Waals surface area contributed by atoms with E-state index >= 15 is 0 Å². The van der Waals surface area contributed by atoms with E-state index in [1.54, 1.807) is 6.20 Å². The van der Waals surface area contributed by atoms with Crippen LogP contribution in [0.2, 0.25) is 0 Å². The Morgan fingerprint density at radius 3 is 2.08 bits per heavy atom. The van der Waals surface area contributed by atoms with Crippen molar-refractivity contribution in [3.05, 3.63) is 89.1 Å². The van der Waals surface area contributed by atoms with E-state index in [0.717, 1.165) is 62.1 Å². The molecule has 198 valence electrons. The first-order chi connectivity index (χ1) is 17.1. The lowest BCUT2D eigenvalue weighted by atomic mass is 9.93. The third-order valence-corrected chi connectivity index (χ3v) is 5.83. The summed E-state index contributed by atoms with van der Waals surface area (Å²) in [6.07, 6.45) is 5.39. The van der Waals surface area contributed by atoms with Crippen LogP contribution in [-0.2, 0) is 6.18 Å². The van der Waals surface area contributed by atoms with Crippen molar-refractivity contribution < 1.29 is 13.2 Å². The average Bonchev–Trinajstić information content (AvgIpc) is 2.85. The minimum atomic E-state index is -4.33. The van der Waals surface area contributed by atoms with Gasteiger partial charge in [-0.3, -0.25) is 0 Å². The normalized spacial score (nSPS) is 13.6. The molecule has 0 saturated carbocycles. The second-order valence-corrected chi connectivity index (χ2v) is 9.23. The van der Waals surface area contributed by atoms with Crippen LogP contribution in [0.3, 0.4) is 0 Å². The number of nitrogens with zero attached hydrogens (tertiary/aromatic N) is 1. The van der Waals surface area contributed by atoms with Gasteiger partial charge in [-0.1, -0.05) is 94.5 Å². The number of alkyl halides is 3. The zero-order chi connectivity index (χ0) is 27.0. The summed E-state index contributed by atoms with van der Waals surface area (Å²) in [6.45, 7) is 12.9. The van der Waals surface area contributed by atoms with E-state index in [9.17, 15) is 13.2 Å². The number of hydrogen-bond donors (Lipinski definition) is 1. The number of aryl methyl sites for hydroxylation is 1. The molecule has 0 saturated heterocycles. The summed E-state index contributed by atoms with van der Waals surface area (Å²) in [5.41, 5.74) is 3.70. The van der Waals surface area contributed by atoms with Gasteiger partial charge >= 0.3 is 6.18 Å². The molecule has 0 bridgehead atoms. The molecule has 2 rings (SSSR count). The quantitative estimate of drug-likeness (QED) is 0.255. The molecule has 0 fully saturated rings. The topological polar surface area (TPSA) is 24.4 Å². The van der Waals surface area contributed by atoms with Gasteiger partial charge in [0.15, 0.2) is 0 Å². The molecule has 2 aromatic rings. The second kappa shape index (κ2) is 16.8. The summed E-state index contributed by atoms with van der Waals surface area (Å²) < 4.78 is 38.5. The molecule has 0 aromatic heterocycles. The van der Waals surface area contributed by atoms with Crippen molar-refractivity contribution >= 4 is 11.5 Å². The Balaban J connectivity index is 0.000000789. The van der Waals surface area contributed by atoms with Crippen LogP contribution >= 0.6 is 0 Å². The fraction of sp³-hybridized carbons (Fsp3) is 0.452. The Labute approximate surface area is 216 Å². The molecule has 5 heteroatoms. The highest BCUT2D eigenvalue weighted by molar-refractivity contribution is 6.08. The number of anilines is 1. The van der Waals surface area contributed by atoms with Crippen molar-refractivity contribution in [2.45, 2.75) is 86.2 Å². The van der Waals surface area contributed by atoms with Gasteiger partial charge < -0.3 is 5.32 Å². The predicted octanol–water partition coefficient (Wildman–Crippen LogP) is 10.4. The Hall–Kier alpha value is -2.82. The molecule has 1 N–H and O–H groups in total. The van der Waals surface area contributed by atoms with Crippen LogP contribution in [0.1, 0.15) is 84.3 Å². The van der Waals surface area contributed by atoms with Gasteiger partial charge in [0.25, 0.3) is 0 Å². The van der Waals surface area contributed by atoms with E-state index in [1.807, 2.05) is 24.3 Å². The number of benzene rings is 2. The maximum absolute atomic E-state index is 12.8. The van der Waals surface area contributed by atoms with E-state index in [1.165, 1.54) is 23.3 Å². The highest BCUT2D eigenvalue weighted by Crippen LogP contribution is 2.30. The molecule has 0 radical (unpaired) electrons. The number of amidine groups is 1. The van der Waals surface area contributed by atoms with Crippen molar-refractivity contribution in [1.29, 1.82) is 0 Å². The second-order valence-electron chi connectivity index (χ2n) is 9.23. The van der Waals surface area contributed by atoms with Crippen LogP contribution in [-0.4, -0.2) is 5.84 Å². The molecular formula is C31H43F3N2. The molecule has 0 heterocycles. The van der Waals surface area contributed by atoms with Crippen LogP contribution < -0.4 is 5.32 Å². The average molecular weight is 501 g/mol. The number of unbranched alkanes of at least 4 members (excludes halogenated alkanes) is 1. The molecule has 2 aromatic carbocycles. The Morgan fingerprint density at radius 2 is 1.61 bits per heavy atom. The van der Waals surface area contributed by atoms with E-state index in [0.29, 0.717) is 11.6 Å². The monoisotopic (exact) mass is 500 g/mol. The van der Waals surface area contributed by atoms with Crippen LogP contribution in [0.15, 0.2) is 83.0 Å². The SMILES string of the molecule is CCC/C=C/N=C(Nc1ccc(C(F)(F)F)cc1)/C(CCC)=C(\C)CC(C)CC.Cc1ccccc1. The smallest absolute Gasteiger partial charge is 0.340 e. The molecule has 0 aliphatic rings. The predicted molar refractivity (Wildman–Crippen MR) is 149 cm³/mol. The number of nitrogens with one attached hydrogen (secondary N) is 1. The highest BCUT2D eigenvalue weighted by Gasteiger charge is 2.30. The van der Waals surface area contributed by atoms with Crippen LogP contribution in [0.4, 0.5) is 18.9 Å². The summed E-state index contributed by atoms with van der Waals surface area (Å²) in [4.78, 5) is 4.65. The van der Waals surface area contributed by atoms with Gasteiger partial charge in [0.1, 0.15) is 5.84 Å². The first-order valence-corrected chi connectivity index (χ1v) is 13.0. The largest absolute Gasteiger partial charge is 0.416 e. The molecule has 36 heavy (non-hydrogen) atoms. The van der Waals surface area contributed by atoms with Gasteiger partial charge in [-0.15, -0.1) is 0 Å². The van der Waals surface area contributed by atoms with Crippen LogP contribution in [0.5, 0.6) is 0 Å². The zero-order valence-corrected chi connectivity index (χ0v) is 22.8. The summed E-state index contributed by atoms with van der Waals surface area (Å²) in [7, 11) is 0.